The van der Waals surface area contributed by atoms with Gasteiger partial charge in [-0.15, -0.1) is 0 Å². The number of nitrogens with zero attached hydrogens (tertiary/aromatic N) is 1. The number of rotatable bonds is 6. The first-order valence-electron chi connectivity index (χ1n) is 9.81. The predicted octanol–water partition coefficient (Wildman–Crippen LogP) is 5.67. The summed E-state index contributed by atoms with van der Waals surface area (Å²) in [6.07, 6.45) is 4.33. The Morgan fingerprint density at radius 2 is 1.48 bits per heavy atom. The molecule has 0 unspecified atom stereocenters. The molecule has 0 spiro atoms. The maximum absolute atomic E-state index is 13.0. The van der Waals surface area contributed by atoms with Crippen LogP contribution in [0.15, 0.2) is 71.1 Å². The Morgan fingerprint density at radius 3 is 2.15 bits per heavy atom. The molecule has 4 rings (SSSR count). The molecule has 1 saturated heterocycles. The van der Waals surface area contributed by atoms with E-state index < -0.39 is 0 Å². The van der Waals surface area contributed by atoms with Crippen LogP contribution in [-0.4, -0.2) is 30.3 Å². The lowest BCUT2D eigenvalue weighted by molar-refractivity contribution is 0.0959. The van der Waals surface area contributed by atoms with Crippen molar-refractivity contribution in [3.05, 3.63) is 72.3 Å². The van der Waals surface area contributed by atoms with E-state index in [2.05, 4.69) is 4.90 Å². The van der Waals surface area contributed by atoms with Crippen molar-refractivity contribution in [2.75, 3.05) is 19.6 Å². The summed E-state index contributed by atoms with van der Waals surface area (Å²) in [6.45, 7) is 3.05. The minimum absolute atomic E-state index is 0.158. The minimum atomic E-state index is 0.158. The SMILES string of the molecule is O=C(CCN1CCCCC1)c1cc(-c2ccccc2)oc1-c1ccccc1. The van der Waals surface area contributed by atoms with Crippen molar-refractivity contribution in [2.24, 2.45) is 0 Å². The highest BCUT2D eigenvalue weighted by molar-refractivity contribution is 6.02. The van der Waals surface area contributed by atoms with Crippen molar-refractivity contribution < 1.29 is 9.21 Å². The summed E-state index contributed by atoms with van der Waals surface area (Å²) in [5, 5.41) is 0. The van der Waals surface area contributed by atoms with Crippen LogP contribution in [0.2, 0.25) is 0 Å². The van der Waals surface area contributed by atoms with Crippen molar-refractivity contribution in [1.29, 1.82) is 0 Å². The first-order valence-corrected chi connectivity index (χ1v) is 9.81. The summed E-state index contributed by atoms with van der Waals surface area (Å²) in [7, 11) is 0. The van der Waals surface area contributed by atoms with Crippen molar-refractivity contribution in [3.8, 4) is 22.6 Å². The molecule has 0 saturated carbocycles. The second kappa shape index (κ2) is 8.36. The number of furan rings is 1. The lowest BCUT2D eigenvalue weighted by Crippen LogP contribution is -2.31. The molecule has 1 aliphatic rings. The molecule has 2 aromatic carbocycles. The van der Waals surface area contributed by atoms with E-state index in [1.807, 2.05) is 66.7 Å². The van der Waals surface area contributed by atoms with Crippen LogP contribution in [0.3, 0.4) is 0 Å². The average Bonchev–Trinajstić information content (AvgIpc) is 3.20. The van der Waals surface area contributed by atoms with Crippen molar-refractivity contribution in [2.45, 2.75) is 25.7 Å². The standard InChI is InChI=1S/C24H25NO2/c26-22(14-17-25-15-8-3-9-16-25)21-18-23(19-10-4-1-5-11-19)27-24(21)20-12-6-2-7-13-20/h1-2,4-7,10-13,18H,3,8-9,14-17H2. The first kappa shape index (κ1) is 17.7. The fraction of sp³-hybridized carbons (Fsp3) is 0.292. The summed E-state index contributed by atoms with van der Waals surface area (Å²) < 4.78 is 6.17. The molecular weight excluding hydrogens is 334 g/mol. The molecule has 1 aromatic heterocycles. The van der Waals surface area contributed by atoms with E-state index in [4.69, 9.17) is 4.42 Å². The van der Waals surface area contributed by atoms with Gasteiger partial charge in [-0.25, -0.2) is 0 Å². The summed E-state index contributed by atoms with van der Waals surface area (Å²) in [5.74, 6) is 1.58. The molecule has 3 heteroatoms. The molecule has 0 atom stereocenters. The number of benzene rings is 2. The zero-order valence-electron chi connectivity index (χ0n) is 15.6. The van der Waals surface area contributed by atoms with Gasteiger partial charge < -0.3 is 9.32 Å². The largest absolute Gasteiger partial charge is 0.455 e. The van der Waals surface area contributed by atoms with Crippen LogP contribution in [0.4, 0.5) is 0 Å². The van der Waals surface area contributed by atoms with Crippen molar-refractivity contribution in [3.63, 3.8) is 0 Å². The molecule has 27 heavy (non-hydrogen) atoms. The van der Waals surface area contributed by atoms with E-state index in [1.165, 1.54) is 19.3 Å². The van der Waals surface area contributed by atoms with E-state index in [1.54, 1.807) is 0 Å². The number of hydrogen-bond acceptors (Lipinski definition) is 3. The molecule has 3 aromatic rings. The third-order valence-corrected chi connectivity index (χ3v) is 5.23. The van der Waals surface area contributed by atoms with Crippen LogP contribution in [0.5, 0.6) is 0 Å². The number of piperidine rings is 1. The number of hydrogen-bond donors (Lipinski definition) is 0. The average molecular weight is 359 g/mol. The minimum Gasteiger partial charge on any atom is -0.455 e. The van der Waals surface area contributed by atoms with Gasteiger partial charge in [0.2, 0.25) is 0 Å². The van der Waals surface area contributed by atoms with Crippen molar-refractivity contribution in [1.82, 2.24) is 4.90 Å². The van der Waals surface area contributed by atoms with Crippen LogP contribution >= 0.6 is 0 Å². The first-order chi connectivity index (χ1) is 13.3. The Labute approximate surface area is 160 Å². The second-order valence-corrected chi connectivity index (χ2v) is 7.16. The molecule has 1 aliphatic heterocycles. The highest BCUT2D eigenvalue weighted by Crippen LogP contribution is 2.33. The number of Topliss-reactive ketones (excluding diaryl/α,β-unsaturated/α-hetero) is 1. The highest BCUT2D eigenvalue weighted by atomic mass is 16.3. The van der Waals surface area contributed by atoms with Crippen LogP contribution < -0.4 is 0 Å². The van der Waals surface area contributed by atoms with Gasteiger partial charge in [0, 0.05) is 24.1 Å². The fourth-order valence-electron chi connectivity index (χ4n) is 3.72. The van der Waals surface area contributed by atoms with Gasteiger partial charge in [-0.3, -0.25) is 4.79 Å². The molecule has 0 radical (unpaired) electrons. The van der Waals surface area contributed by atoms with Gasteiger partial charge in [0.15, 0.2) is 5.78 Å². The predicted molar refractivity (Wildman–Crippen MR) is 109 cm³/mol. The fourth-order valence-corrected chi connectivity index (χ4v) is 3.72. The van der Waals surface area contributed by atoms with Gasteiger partial charge in [0.1, 0.15) is 11.5 Å². The Balaban J connectivity index is 1.61. The van der Waals surface area contributed by atoms with E-state index in [0.717, 1.165) is 36.5 Å². The highest BCUT2D eigenvalue weighted by Gasteiger charge is 2.21. The summed E-state index contributed by atoms with van der Waals surface area (Å²) in [4.78, 5) is 15.4. The van der Waals surface area contributed by atoms with Crippen LogP contribution in [-0.2, 0) is 0 Å². The lowest BCUT2D eigenvalue weighted by Gasteiger charge is -2.25. The Hall–Kier alpha value is -2.65. The molecule has 0 aliphatic carbocycles. The van der Waals surface area contributed by atoms with E-state index in [9.17, 15) is 4.79 Å². The molecule has 0 bridgehead atoms. The summed E-state index contributed by atoms with van der Waals surface area (Å²) >= 11 is 0. The van der Waals surface area contributed by atoms with E-state index >= 15 is 0 Å². The van der Waals surface area contributed by atoms with Gasteiger partial charge in [-0.1, -0.05) is 67.1 Å². The van der Waals surface area contributed by atoms with Gasteiger partial charge in [0.05, 0.1) is 5.56 Å². The van der Waals surface area contributed by atoms with Gasteiger partial charge in [0.25, 0.3) is 0 Å². The number of ketones is 1. The zero-order valence-corrected chi connectivity index (χ0v) is 15.6. The smallest absolute Gasteiger partial charge is 0.168 e. The lowest BCUT2D eigenvalue weighted by atomic mass is 10.0. The molecular formula is C24H25NO2. The molecule has 138 valence electrons. The van der Waals surface area contributed by atoms with Gasteiger partial charge in [-0.05, 0) is 32.0 Å². The molecule has 1 fully saturated rings. The molecule has 3 nitrogen and oxygen atoms in total. The topological polar surface area (TPSA) is 33.5 Å². The van der Waals surface area contributed by atoms with Gasteiger partial charge >= 0.3 is 0 Å². The normalized spacial score (nSPS) is 15.0. The van der Waals surface area contributed by atoms with Crippen molar-refractivity contribution >= 4 is 5.78 Å². The number of likely N-dealkylation sites (tertiary alicyclic amines) is 1. The monoisotopic (exact) mass is 359 g/mol. The van der Waals surface area contributed by atoms with E-state index in [-0.39, 0.29) is 5.78 Å². The summed E-state index contributed by atoms with van der Waals surface area (Å²) in [6, 6.07) is 21.8. The maximum atomic E-state index is 13.0. The summed E-state index contributed by atoms with van der Waals surface area (Å²) in [5.41, 5.74) is 2.63. The Kier molecular flexibility index (Phi) is 5.50. The Morgan fingerprint density at radius 1 is 0.852 bits per heavy atom. The third kappa shape index (κ3) is 4.20. The van der Waals surface area contributed by atoms with Gasteiger partial charge in [-0.2, -0.15) is 0 Å². The number of carbonyl (C=O) groups excluding carboxylic acids is 1. The van der Waals surface area contributed by atoms with E-state index in [0.29, 0.717) is 17.7 Å². The maximum Gasteiger partial charge on any atom is 0.168 e. The quantitative estimate of drug-likeness (QED) is 0.532. The van der Waals surface area contributed by atoms with Crippen LogP contribution in [0.1, 0.15) is 36.0 Å². The third-order valence-electron chi connectivity index (χ3n) is 5.23. The second-order valence-electron chi connectivity index (χ2n) is 7.16. The molecule has 0 amide bonds. The Bertz CT molecular complexity index is 877. The van der Waals surface area contributed by atoms with Crippen LogP contribution in [0.25, 0.3) is 22.6 Å². The number of carbonyl (C=O) groups is 1. The molecule has 2 heterocycles. The molecule has 0 N–H and O–H groups in total. The van der Waals surface area contributed by atoms with Crippen LogP contribution in [0, 0.1) is 0 Å². The zero-order chi connectivity index (χ0) is 18.5.